The van der Waals surface area contributed by atoms with Gasteiger partial charge in [0.2, 0.25) is 0 Å². The van der Waals surface area contributed by atoms with Gasteiger partial charge in [0.1, 0.15) is 5.60 Å². The first-order chi connectivity index (χ1) is 17.1. The van der Waals surface area contributed by atoms with Gasteiger partial charge in [-0.1, -0.05) is 31.2 Å². The van der Waals surface area contributed by atoms with Gasteiger partial charge < -0.3 is 19.1 Å². The molecule has 1 saturated carbocycles. The van der Waals surface area contributed by atoms with Crippen molar-refractivity contribution in [3.05, 3.63) is 58.8 Å². The Balaban J connectivity index is 1.45. The van der Waals surface area contributed by atoms with Crippen LogP contribution in [0.15, 0.2) is 36.4 Å². The number of nitrogens with zero attached hydrogens (tertiary/aromatic N) is 2. The van der Waals surface area contributed by atoms with E-state index in [0.29, 0.717) is 11.8 Å². The number of aryl methyl sites for hydroxylation is 1. The van der Waals surface area contributed by atoms with E-state index in [0.717, 1.165) is 44.8 Å². The van der Waals surface area contributed by atoms with Crippen LogP contribution in [0.25, 0.3) is 10.9 Å². The maximum atomic E-state index is 11.0. The number of rotatable bonds is 5. The summed E-state index contributed by atoms with van der Waals surface area (Å²) in [6.07, 6.45) is 6.47. The summed E-state index contributed by atoms with van der Waals surface area (Å²) in [7, 11) is 2.19. The van der Waals surface area contributed by atoms with Crippen molar-refractivity contribution >= 4 is 10.9 Å². The monoisotopic (exact) mass is 470 g/mol. The van der Waals surface area contributed by atoms with E-state index in [2.05, 4.69) is 53.8 Å². The lowest BCUT2D eigenvalue weighted by Gasteiger charge is -2.64. The maximum Gasteiger partial charge on any atom is 0.166 e. The zero-order chi connectivity index (χ0) is 23.5. The Bertz CT molecular complexity index is 1370. The second-order valence-corrected chi connectivity index (χ2v) is 11.7. The van der Waals surface area contributed by atoms with Gasteiger partial charge in [0.05, 0.1) is 11.1 Å². The molecule has 3 heterocycles. The summed E-state index contributed by atoms with van der Waals surface area (Å²) in [6, 6.07) is 13.1. The molecule has 1 N–H and O–H groups in total. The molecule has 8 rings (SSSR count). The lowest BCUT2D eigenvalue weighted by atomic mass is 9.48. The van der Waals surface area contributed by atoms with E-state index < -0.39 is 0 Å². The van der Waals surface area contributed by atoms with Crippen LogP contribution < -0.4 is 4.74 Å². The van der Waals surface area contributed by atoms with E-state index in [1.807, 2.05) is 6.07 Å². The zero-order valence-corrected chi connectivity index (χ0v) is 20.7. The number of hydrogen-bond donors (Lipinski definition) is 1. The molecule has 182 valence electrons. The number of fused-ring (bicyclic) bond motifs is 4. The number of hydrogen-bond acceptors (Lipinski definition) is 4. The summed E-state index contributed by atoms with van der Waals surface area (Å²) < 4.78 is 16.5. The number of aromatic nitrogens is 1. The molecule has 3 aromatic rings. The molecule has 0 unspecified atom stereocenters. The average Bonchev–Trinajstić information content (AvgIpc) is 3.56. The van der Waals surface area contributed by atoms with Gasteiger partial charge in [-0.05, 0) is 67.8 Å². The third kappa shape index (κ3) is 2.37. The highest BCUT2D eigenvalue weighted by atomic mass is 16.5. The molecule has 1 aromatic heterocycles. The van der Waals surface area contributed by atoms with Gasteiger partial charge in [-0.15, -0.1) is 0 Å². The second kappa shape index (κ2) is 6.83. The van der Waals surface area contributed by atoms with Gasteiger partial charge in [-0.3, -0.25) is 4.90 Å². The molecule has 2 aliphatic heterocycles. The van der Waals surface area contributed by atoms with E-state index in [1.165, 1.54) is 52.7 Å². The van der Waals surface area contributed by atoms with Crippen molar-refractivity contribution in [2.75, 3.05) is 19.7 Å². The van der Waals surface area contributed by atoms with Gasteiger partial charge in [0.25, 0.3) is 0 Å². The Morgan fingerprint density at radius 1 is 1.17 bits per heavy atom. The smallest absolute Gasteiger partial charge is 0.166 e. The number of para-hydroxylation sites is 1. The molecule has 2 fully saturated rings. The Morgan fingerprint density at radius 3 is 2.86 bits per heavy atom. The Labute approximate surface area is 206 Å². The number of aromatic hydroxyl groups is 1. The molecular formula is C30H34N2O3. The minimum Gasteiger partial charge on any atom is -0.504 e. The summed E-state index contributed by atoms with van der Waals surface area (Å²) in [6.45, 7) is 5.24. The normalized spacial score (nSPS) is 32.4. The number of phenolic OH excluding ortho intramolecular Hbond substituents is 1. The molecular weight excluding hydrogens is 436 g/mol. The molecule has 5 heteroatoms. The highest BCUT2D eigenvalue weighted by Gasteiger charge is 2.74. The van der Waals surface area contributed by atoms with Crippen molar-refractivity contribution in [3.8, 4) is 11.5 Å². The van der Waals surface area contributed by atoms with E-state index in [-0.39, 0.29) is 22.9 Å². The number of phenols is 1. The standard InChI is InChI=1S/C30H34N2O3/c1-3-14-34-30-16-21-20-6-4-5-7-22(20)31(2)26(21)28-29(30)12-13-32(17-18-8-9-18)24(30)15-19-10-11-23(33)27(35-28)25(19)29/h4-7,10-11,18,24,28,33H,3,8-9,12-17H2,1-2H3/t24-,28+,29+,30-/m1/s1. The SMILES string of the molecule is CCCO[C@@]12Cc3c(n(C)c4ccccc34)[C@@H]3Oc4c(O)ccc5c4[C@@]31CCN(CC1CC1)[C@@H]2C5. The van der Waals surface area contributed by atoms with Crippen LogP contribution in [0, 0.1) is 5.92 Å². The Hall–Kier alpha value is -2.50. The molecule has 35 heavy (non-hydrogen) atoms. The highest BCUT2D eigenvalue weighted by Crippen LogP contribution is 2.70. The molecule has 3 aliphatic carbocycles. The predicted molar refractivity (Wildman–Crippen MR) is 135 cm³/mol. The van der Waals surface area contributed by atoms with Crippen molar-refractivity contribution in [2.24, 2.45) is 13.0 Å². The van der Waals surface area contributed by atoms with Crippen LogP contribution in [-0.4, -0.2) is 45.9 Å². The van der Waals surface area contributed by atoms with Crippen LogP contribution in [0.1, 0.15) is 61.1 Å². The lowest BCUT2D eigenvalue weighted by Crippen LogP contribution is -2.75. The van der Waals surface area contributed by atoms with Crippen molar-refractivity contribution < 1.29 is 14.6 Å². The molecule has 4 atom stereocenters. The molecule has 1 spiro atoms. The van der Waals surface area contributed by atoms with Crippen LogP contribution in [0.2, 0.25) is 0 Å². The van der Waals surface area contributed by atoms with E-state index in [4.69, 9.17) is 9.47 Å². The van der Waals surface area contributed by atoms with Crippen LogP contribution in [0.3, 0.4) is 0 Å². The Morgan fingerprint density at radius 2 is 2.03 bits per heavy atom. The van der Waals surface area contributed by atoms with Crippen LogP contribution >= 0.6 is 0 Å². The first-order valence-corrected chi connectivity index (χ1v) is 13.5. The number of ether oxygens (including phenoxy) is 2. The molecule has 5 aliphatic rings. The second-order valence-electron chi connectivity index (χ2n) is 11.7. The molecule has 5 nitrogen and oxygen atoms in total. The minimum absolute atomic E-state index is 0.145. The van der Waals surface area contributed by atoms with Crippen molar-refractivity contribution in [1.29, 1.82) is 0 Å². The van der Waals surface area contributed by atoms with E-state index >= 15 is 0 Å². The van der Waals surface area contributed by atoms with Crippen LogP contribution in [0.5, 0.6) is 11.5 Å². The predicted octanol–water partition coefficient (Wildman–Crippen LogP) is 5.02. The Kier molecular flexibility index (Phi) is 4.03. The topological polar surface area (TPSA) is 46.9 Å². The van der Waals surface area contributed by atoms with Gasteiger partial charge in [0, 0.05) is 49.1 Å². The quantitative estimate of drug-likeness (QED) is 0.569. The number of benzene rings is 2. The van der Waals surface area contributed by atoms with Gasteiger partial charge in [-0.25, -0.2) is 0 Å². The van der Waals surface area contributed by atoms with E-state index in [1.54, 1.807) is 0 Å². The van der Waals surface area contributed by atoms with Crippen molar-refractivity contribution in [3.63, 3.8) is 0 Å². The molecule has 0 amide bonds. The fourth-order valence-corrected chi connectivity index (χ4v) is 8.46. The summed E-state index contributed by atoms with van der Waals surface area (Å²) >= 11 is 0. The molecule has 1 saturated heterocycles. The fraction of sp³-hybridized carbons (Fsp3) is 0.533. The third-order valence-corrected chi connectivity index (χ3v) is 10.00. The highest BCUT2D eigenvalue weighted by molar-refractivity contribution is 5.87. The number of likely N-dealkylation sites (tertiary alicyclic amines) is 1. The third-order valence-electron chi connectivity index (χ3n) is 10.00. The van der Waals surface area contributed by atoms with Gasteiger partial charge >= 0.3 is 0 Å². The fourth-order valence-electron chi connectivity index (χ4n) is 8.46. The van der Waals surface area contributed by atoms with Crippen LogP contribution in [-0.2, 0) is 30.0 Å². The van der Waals surface area contributed by atoms with Gasteiger partial charge in [0.15, 0.2) is 17.6 Å². The molecule has 0 radical (unpaired) electrons. The number of piperidine rings is 1. The molecule has 2 bridgehead atoms. The van der Waals surface area contributed by atoms with Gasteiger partial charge in [-0.2, -0.15) is 0 Å². The van der Waals surface area contributed by atoms with Crippen molar-refractivity contribution in [1.82, 2.24) is 9.47 Å². The summed E-state index contributed by atoms with van der Waals surface area (Å²) in [5.41, 5.74) is 5.88. The largest absolute Gasteiger partial charge is 0.504 e. The molecule has 2 aromatic carbocycles. The summed E-state index contributed by atoms with van der Waals surface area (Å²) in [4.78, 5) is 2.78. The van der Waals surface area contributed by atoms with Crippen LogP contribution in [0.4, 0.5) is 0 Å². The minimum atomic E-state index is -0.357. The average molecular weight is 471 g/mol. The zero-order valence-electron chi connectivity index (χ0n) is 20.7. The summed E-state index contributed by atoms with van der Waals surface area (Å²) in [5, 5.41) is 12.3. The van der Waals surface area contributed by atoms with E-state index in [9.17, 15) is 5.11 Å². The first kappa shape index (κ1) is 20.7. The first-order valence-electron chi connectivity index (χ1n) is 13.5. The summed E-state index contributed by atoms with van der Waals surface area (Å²) in [5.74, 6) is 1.83. The van der Waals surface area contributed by atoms with Crippen molar-refractivity contribution in [2.45, 2.75) is 68.6 Å². The maximum absolute atomic E-state index is 11.0. The lowest BCUT2D eigenvalue weighted by molar-refractivity contribution is -0.205.